The lowest BCUT2D eigenvalue weighted by atomic mass is 9.84. The van der Waals surface area contributed by atoms with Crippen molar-refractivity contribution >= 4 is 15.9 Å². The zero-order valence-electron chi connectivity index (χ0n) is 14.7. The number of allylic oxidation sites excluding steroid dienone is 1. The van der Waals surface area contributed by atoms with E-state index in [-0.39, 0.29) is 17.7 Å². The molecule has 0 bridgehead atoms. The van der Waals surface area contributed by atoms with Crippen LogP contribution in [0.5, 0.6) is 0 Å². The van der Waals surface area contributed by atoms with Crippen molar-refractivity contribution in [3.05, 3.63) is 11.6 Å². The molecular formula is C18H30N2O3S. The summed E-state index contributed by atoms with van der Waals surface area (Å²) in [5.41, 5.74) is 1.50. The van der Waals surface area contributed by atoms with Gasteiger partial charge in [0.2, 0.25) is 15.9 Å². The molecule has 0 aromatic rings. The quantitative estimate of drug-likeness (QED) is 0.713. The van der Waals surface area contributed by atoms with Gasteiger partial charge in [-0.15, -0.1) is 0 Å². The van der Waals surface area contributed by atoms with Crippen LogP contribution in [0.15, 0.2) is 11.6 Å². The Labute approximate surface area is 146 Å². The van der Waals surface area contributed by atoms with Crippen LogP contribution >= 0.6 is 0 Å². The van der Waals surface area contributed by atoms with Crippen molar-refractivity contribution in [2.24, 2.45) is 5.92 Å². The minimum absolute atomic E-state index is 0.168. The fraction of sp³-hybridized carbons (Fsp3) is 0.833. The van der Waals surface area contributed by atoms with Crippen molar-refractivity contribution < 1.29 is 13.2 Å². The van der Waals surface area contributed by atoms with Crippen molar-refractivity contribution in [1.82, 2.24) is 9.21 Å². The molecule has 2 heterocycles. The minimum atomic E-state index is -3.11. The number of rotatable bonds is 5. The van der Waals surface area contributed by atoms with E-state index in [0.717, 1.165) is 25.8 Å². The first-order valence-electron chi connectivity index (χ1n) is 9.46. The highest BCUT2D eigenvalue weighted by Gasteiger charge is 2.41. The summed E-state index contributed by atoms with van der Waals surface area (Å²) in [6.45, 7) is 3.67. The average molecular weight is 355 g/mol. The van der Waals surface area contributed by atoms with Crippen LogP contribution in [-0.2, 0) is 14.8 Å². The number of hydrogen-bond acceptors (Lipinski definition) is 3. The Morgan fingerprint density at radius 2 is 2.04 bits per heavy atom. The predicted octanol–water partition coefficient (Wildman–Crippen LogP) is 2.54. The Balaban J connectivity index is 1.63. The maximum atomic E-state index is 12.4. The zero-order valence-corrected chi connectivity index (χ0v) is 15.6. The number of fused-ring (bicyclic) bond motifs is 1. The van der Waals surface area contributed by atoms with Crippen LogP contribution in [0.4, 0.5) is 0 Å². The number of hydrogen-bond donors (Lipinski definition) is 0. The smallest absolute Gasteiger partial charge is 0.222 e. The van der Waals surface area contributed by atoms with Gasteiger partial charge in [0, 0.05) is 32.1 Å². The van der Waals surface area contributed by atoms with Crippen LogP contribution in [0.25, 0.3) is 0 Å². The third-order valence-electron chi connectivity index (χ3n) is 5.92. The van der Waals surface area contributed by atoms with Gasteiger partial charge >= 0.3 is 0 Å². The van der Waals surface area contributed by atoms with Gasteiger partial charge in [-0.25, -0.2) is 12.7 Å². The minimum Gasteiger partial charge on any atom is -0.339 e. The standard InChI is InChI=1S/C18H30N2O3S/c1-2-24(22,23)19-12-11-17-16(14-19)8-9-18(21)20(17)13-10-15-6-4-3-5-7-15/h6,16-17H,2-5,7-14H2,1H3/t16-,17+/m0/s1. The van der Waals surface area contributed by atoms with Gasteiger partial charge in [-0.3, -0.25) is 4.79 Å². The van der Waals surface area contributed by atoms with Crippen LogP contribution in [0.2, 0.25) is 0 Å². The summed E-state index contributed by atoms with van der Waals surface area (Å²) < 4.78 is 25.9. The van der Waals surface area contributed by atoms with Gasteiger partial charge in [0.05, 0.1) is 5.75 Å². The molecule has 0 spiro atoms. The molecule has 2 aliphatic heterocycles. The van der Waals surface area contributed by atoms with Crippen molar-refractivity contribution in [3.8, 4) is 0 Å². The van der Waals surface area contributed by atoms with E-state index < -0.39 is 10.0 Å². The molecule has 6 heteroatoms. The van der Waals surface area contributed by atoms with Gasteiger partial charge in [0.1, 0.15) is 0 Å². The van der Waals surface area contributed by atoms with Gasteiger partial charge in [0.25, 0.3) is 0 Å². The molecule has 1 aliphatic carbocycles. The monoisotopic (exact) mass is 354 g/mol. The number of carbonyl (C=O) groups excluding carboxylic acids is 1. The Hall–Kier alpha value is -0.880. The molecule has 0 N–H and O–H groups in total. The second kappa shape index (κ2) is 7.56. The molecule has 0 aromatic carbocycles. The normalized spacial score (nSPS) is 29.3. The average Bonchev–Trinajstić information content (AvgIpc) is 2.61. The summed E-state index contributed by atoms with van der Waals surface area (Å²) in [6, 6.07) is 0.235. The predicted molar refractivity (Wildman–Crippen MR) is 95.0 cm³/mol. The molecule has 0 unspecified atom stereocenters. The van der Waals surface area contributed by atoms with Crippen molar-refractivity contribution in [2.75, 3.05) is 25.4 Å². The largest absolute Gasteiger partial charge is 0.339 e. The summed E-state index contributed by atoms with van der Waals surface area (Å²) in [4.78, 5) is 14.5. The molecule has 2 atom stereocenters. The molecule has 5 nitrogen and oxygen atoms in total. The fourth-order valence-electron chi connectivity index (χ4n) is 4.44. The molecule has 2 saturated heterocycles. The molecule has 136 valence electrons. The first kappa shape index (κ1) is 17.9. The van der Waals surface area contributed by atoms with E-state index in [1.165, 1.54) is 31.3 Å². The molecule has 0 radical (unpaired) electrons. The van der Waals surface area contributed by atoms with Gasteiger partial charge in [-0.1, -0.05) is 11.6 Å². The maximum Gasteiger partial charge on any atom is 0.222 e. The molecule has 0 aromatic heterocycles. The lowest BCUT2D eigenvalue weighted by Crippen LogP contribution is -2.57. The van der Waals surface area contributed by atoms with Gasteiger partial charge in [0.15, 0.2) is 0 Å². The Morgan fingerprint density at radius 3 is 2.75 bits per heavy atom. The third kappa shape index (κ3) is 3.85. The molecule has 0 saturated carbocycles. The molecule has 1 amide bonds. The molecule has 24 heavy (non-hydrogen) atoms. The van der Waals surface area contributed by atoms with Crippen LogP contribution in [0, 0.1) is 5.92 Å². The topological polar surface area (TPSA) is 57.7 Å². The molecule has 2 fully saturated rings. The summed E-state index contributed by atoms with van der Waals surface area (Å²) in [5.74, 6) is 0.735. The Bertz CT molecular complexity index is 599. The maximum absolute atomic E-state index is 12.4. The lowest BCUT2D eigenvalue weighted by molar-refractivity contribution is -0.140. The van der Waals surface area contributed by atoms with Crippen LogP contribution in [-0.4, -0.2) is 55.0 Å². The van der Waals surface area contributed by atoms with E-state index in [1.807, 2.05) is 0 Å². The number of nitrogens with zero attached hydrogens (tertiary/aromatic N) is 2. The van der Waals surface area contributed by atoms with Gasteiger partial charge in [-0.2, -0.15) is 0 Å². The van der Waals surface area contributed by atoms with E-state index in [4.69, 9.17) is 0 Å². The number of likely N-dealkylation sites (tertiary alicyclic amines) is 1. The fourth-order valence-corrected chi connectivity index (χ4v) is 5.61. The van der Waals surface area contributed by atoms with E-state index in [1.54, 1.807) is 11.2 Å². The number of amides is 1. The molecule has 3 aliphatic rings. The molecule has 3 rings (SSSR count). The van der Waals surface area contributed by atoms with Gasteiger partial charge in [-0.05, 0) is 57.8 Å². The van der Waals surface area contributed by atoms with Crippen molar-refractivity contribution in [2.45, 2.75) is 64.3 Å². The van der Waals surface area contributed by atoms with Crippen LogP contribution < -0.4 is 0 Å². The number of sulfonamides is 1. The van der Waals surface area contributed by atoms with E-state index in [0.29, 0.717) is 25.4 Å². The first-order chi connectivity index (χ1) is 11.5. The summed E-state index contributed by atoms with van der Waals surface area (Å²) in [5, 5.41) is 0. The van der Waals surface area contributed by atoms with Gasteiger partial charge < -0.3 is 4.90 Å². The third-order valence-corrected chi connectivity index (χ3v) is 7.77. The number of piperidine rings is 2. The number of carbonyl (C=O) groups is 1. The summed E-state index contributed by atoms with van der Waals surface area (Å²) in [7, 11) is -3.11. The lowest BCUT2D eigenvalue weighted by Gasteiger charge is -2.46. The highest BCUT2D eigenvalue weighted by Crippen LogP contribution is 2.33. The van der Waals surface area contributed by atoms with E-state index in [2.05, 4.69) is 11.0 Å². The first-order valence-corrected chi connectivity index (χ1v) is 11.1. The van der Waals surface area contributed by atoms with Crippen molar-refractivity contribution in [1.29, 1.82) is 0 Å². The molecular weight excluding hydrogens is 324 g/mol. The Morgan fingerprint density at radius 1 is 1.21 bits per heavy atom. The highest BCUT2D eigenvalue weighted by atomic mass is 32.2. The summed E-state index contributed by atoms with van der Waals surface area (Å²) in [6.07, 6.45) is 10.5. The van der Waals surface area contributed by atoms with Crippen LogP contribution in [0.3, 0.4) is 0 Å². The second-order valence-electron chi connectivity index (χ2n) is 7.36. The Kier molecular flexibility index (Phi) is 5.65. The van der Waals surface area contributed by atoms with E-state index in [9.17, 15) is 13.2 Å². The highest BCUT2D eigenvalue weighted by molar-refractivity contribution is 7.89. The van der Waals surface area contributed by atoms with Crippen molar-refractivity contribution in [3.63, 3.8) is 0 Å². The zero-order chi connectivity index (χ0) is 17.2. The second-order valence-corrected chi connectivity index (χ2v) is 9.62. The van der Waals surface area contributed by atoms with E-state index >= 15 is 0 Å². The van der Waals surface area contributed by atoms with Crippen LogP contribution in [0.1, 0.15) is 58.3 Å². The summed E-state index contributed by atoms with van der Waals surface area (Å²) >= 11 is 0. The SMILES string of the molecule is CCS(=O)(=O)N1CC[C@@H]2[C@@H](CCC(=O)N2CCC2=CCCCC2)C1.